The van der Waals surface area contributed by atoms with Crippen LogP contribution in [0, 0.1) is 17.5 Å². The molecule has 4 N–H and O–H groups in total. The summed E-state index contributed by atoms with van der Waals surface area (Å²) in [5, 5.41) is 9.20. The van der Waals surface area contributed by atoms with E-state index in [9.17, 15) is 18.4 Å². The summed E-state index contributed by atoms with van der Waals surface area (Å²) in [7, 11) is 0. The number of urea groups is 1. The second kappa shape index (κ2) is 10.9. The van der Waals surface area contributed by atoms with Gasteiger partial charge in [0.15, 0.2) is 11.6 Å². The Morgan fingerprint density at radius 2 is 1.82 bits per heavy atom. The molecule has 1 aliphatic heterocycles. The number of pyridine rings is 1. The second-order valence-electron chi connectivity index (χ2n) is 10.1. The maximum atomic E-state index is 15.3. The third kappa shape index (κ3) is 5.56. The third-order valence-corrected chi connectivity index (χ3v) is 7.28. The molecule has 3 aromatic rings. The molecule has 0 bridgehead atoms. The van der Waals surface area contributed by atoms with Crippen LogP contribution in [0.2, 0.25) is 0 Å². The van der Waals surface area contributed by atoms with Crippen LogP contribution in [-0.4, -0.2) is 52.0 Å². The predicted octanol–water partition coefficient (Wildman–Crippen LogP) is 4.81. The number of nitrogens with zero attached hydrogens (tertiary/aromatic N) is 2. The van der Waals surface area contributed by atoms with E-state index >= 15 is 4.39 Å². The molecule has 1 aromatic carbocycles. The van der Waals surface area contributed by atoms with E-state index in [1.165, 1.54) is 25.3 Å². The van der Waals surface area contributed by atoms with E-state index in [0.717, 1.165) is 51.3 Å². The normalized spacial score (nSPS) is 19.5. The number of aromatic amines is 1. The molecule has 3 heterocycles. The highest BCUT2D eigenvalue weighted by Crippen LogP contribution is 2.34. The highest BCUT2D eigenvalue weighted by atomic mass is 19.1. The van der Waals surface area contributed by atoms with Crippen LogP contribution in [0.1, 0.15) is 51.0 Å². The summed E-state index contributed by atoms with van der Waals surface area (Å²) in [4.78, 5) is 33.3. The number of benzene rings is 1. The maximum Gasteiger partial charge on any atom is 0.317 e. The minimum Gasteiger partial charge on any atom is -0.365 e. The number of amides is 3. The fourth-order valence-corrected chi connectivity index (χ4v) is 5.40. The number of H-pyrrole nitrogens is 1. The van der Waals surface area contributed by atoms with Gasteiger partial charge in [-0.3, -0.25) is 4.79 Å². The Morgan fingerprint density at radius 1 is 1.05 bits per heavy atom. The first-order chi connectivity index (χ1) is 18.3. The molecule has 1 unspecified atom stereocenters. The number of halogens is 3. The zero-order chi connectivity index (χ0) is 26.8. The second-order valence-corrected chi connectivity index (χ2v) is 10.1. The number of carbonyl (C=O) groups is 2. The van der Waals surface area contributed by atoms with E-state index in [1.807, 2.05) is 4.90 Å². The van der Waals surface area contributed by atoms with Crippen LogP contribution in [0.5, 0.6) is 0 Å². The maximum absolute atomic E-state index is 15.3. The topological polar surface area (TPSA) is 102 Å². The van der Waals surface area contributed by atoms with Crippen molar-refractivity contribution in [3.63, 3.8) is 0 Å². The van der Waals surface area contributed by atoms with Crippen molar-refractivity contribution in [2.75, 3.05) is 18.4 Å². The van der Waals surface area contributed by atoms with Crippen LogP contribution in [0.3, 0.4) is 0 Å². The SMILES string of the molecule is CC(=O)NCc1cc(F)c(NC2CCC[C@@H](NC(=O)N3CCCC3)C2)nc1-c1c[nH]c2c(F)cc(F)cc12. The fraction of sp³-hybridized carbons (Fsp3) is 0.444. The molecular weight excluding hydrogens is 497 g/mol. The number of fused-ring (bicyclic) bond motifs is 1. The monoisotopic (exact) mass is 528 g/mol. The number of rotatable bonds is 6. The van der Waals surface area contributed by atoms with Gasteiger partial charge < -0.3 is 25.8 Å². The molecule has 11 heteroatoms. The Balaban J connectivity index is 1.41. The standard InChI is InChI=1S/C27H31F3N6O2/c1-15(37)31-13-16-9-23(30)26(35-24(16)21-14-32-25-20(21)10-17(28)11-22(25)29)33-18-5-4-6-19(12-18)34-27(38)36-7-2-3-8-36/h9-11,14,18-19,32H,2-8,12-13H2,1H3,(H,31,37)(H,33,35)(H,34,38)/t18?,19-/m1/s1. The summed E-state index contributed by atoms with van der Waals surface area (Å²) in [5.74, 6) is -2.40. The summed E-state index contributed by atoms with van der Waals surface area (Å²) in [6.07, 6.45) is 6.64. The molecule has 0 radical (unpaired) electrons. The Kier molecular flexibility index (Phi) is 7.44. The first-order valence-corrected chi connectivity index (χ1v) is 13.0. The van der Waals surface area contributed by atoms with Gasteiger partial charge >= 0.3 is 6.03 Å². The molecule has 1 saturated carbocycles. The molecular formula is C27H31F3N6O2. The van der Waals surface area contributed by atoms with Gasteiger partial charge in [0.2, 0.25) is 5.91 Å². The van der Waals surface area contributed by atoms with Gasteiger partial charge in [-0.2, -0.15) is 0 Å². The minimum absolute atomic E-state index is 0.00658. The van der Waals surface area contributed by atoms with Crippen molar-refractivity contribution < 1.29 is 22.8 Å². The van der Waals surface area contributed by atoms with Crippen molar-refractivity contribution in [3.05, 3.63) is 47.4 Å². The van der Waals surface area contributed by atoms with Crippen LogP contribution < -0.4 is 16.0 Å². The smallest absolute Gasteiger partial charge is 0.317 e. The lowest BCUT2D eigenvalue weighted by atomic mass is 9.91. The number of hydrogen-bond acceptors (Lipinski definition) is 4. The molecule has 202 valence electrons. The number of nitrogens with one attached hydrogen (secondary N) is 4. The fourth-order valence-electron chi connectivity index (χ4n) is 5.40. The number of aromatic nitrogens is 2. The molecule has 5 rings (SSSR count). The van der Waals surface area contributed by atoms with Crippen molar-refractivity contribution in [1.82, 2.24) is 25.5 Å². The van der Waals surface area contributed by atoms with E-state index in [-0.39, 0.29) is 47.3 Å². The lowest BCUT2D eigenvalue weighted by Crippen LogP contribution is -2.47. The quantitative estimate of drug-likeness (QED) is 0.369. The molecule has 38 heavy (non-hydrogen) atoms. The molecule has 1 saturated heterocycles. The number of anilines is 1. The molecule has 2 aromatic heterocycles. The molecule has 2 aliphatic rings. The van der Waals surface area contributed by atoms with Gasteiger partial charge in [0, 0.05) is 67.4 Å². The van der Waals surface area contributed by atoms with Crippen LogP contribution >= 0.6 is 0 Å². The molecule has 2 atom stereocenters. The number of likely N-dealkylation sites (tertiary alicyclic amines) is 1. The lowest BCUT2D eigenvalue weighted by molar-refractivity contribution is -0.119. The zero-order valence-electron chi connectivity index (χ0n) is 21.2. The summed E-state index contributed by atoms with van der Waals surface area (Å²) >= 11 is 0. The van der Waals surface area contributed by atoms with E-state index in [2.05, 4.69) is 25.9 Å². The van der Waals surface area contributed by atoms with Crippen LogP contribution in [-0.2, 0) is 11.3 Å². The van der Waals surface area contributed by atoms with Crippen LogP contribution in [0.4, 0.5) is 23.8 Å². The molecule has 1 aliphatic carbocycles. The lowest BCUT2D eigenvalue weighted by Gasteiger charge is -2.32. The van der Waals surface area contributed by atoms with Crippen LogP contribution in [0.25, 0.3) is 22.2 Å². The third-order valence-electron chi connectivity index (χ3n) is 7.28. The first kappa shape index (κ1) is 25.9. The van der Waals surface area contributed by atoms with Gasteiger partial charge in [-0.15, -0.1) is 0 Å². The number of carbonyl (C=O) groups excluding carboxylic acids is 2. The van der Waals surface area contributed by atoms with Gasteiger partial charge in [0.1, 0.15) is 11.6 Å². The van der Waals surface area contributed by atoms with Crippen molar-refractivity contribution in [3.8, 4) is 11.3 Å². The van der Waals surface area contributed by atoms with Gasteiger partial charge in [0.05, 0.1) is 11.2 Å². The Labute approximate surface area is 218 Å². The molecule has 0 spiro atoms. The van der Waals surface area contributed by atoms with E-state index < -0.39 is 17.5 Å². The van der Waals surface area contributed by atoms with E-state index in [0.29, 0.717) is 23.2 Å². The summed E-state index contributed by atoms with van der Waals surface area (Å²) < 4.78 is 43.7. The Morgan fingerprint density at radius 3 is 2.58 bits per heavy atom. The number of hydrogen-bond donors (Lipinski definition) is 4. The van der Waals surface area contributed by atoms with E-state index in [4.69, 9.17) is 0 Å². The summed E-state index contributed by atoms with van der Waals surface area (Å²) in [6, 6.07) is 3.05. The minimum atomic E-state index is -0.751. The first-order valence-electron chi connectivity index (χ1n) is 13.0. The predicted molar refractivity (Wildman–Crippen MR) is 138 cm³/mol. The van der Waals surface area contributed by atoms with Gasteiger partial charge in [-0.05, 0) is 50.7 Å². The van der Waals surface area contributed by atoms with Gasteiger partial charge in [-0.25, -0.2) is 22.9 Å². The van der Waals surface area contributed by atoms with Crippen molar-refractivity contribution in [2.45, 2.75) is 64.1 Å². The Hall–Kier alpha value is -3.76. The van der Waals surface area contributed by atoms with Crippen molar-refractivity contribution in [2.24, 2.45) is 0 Å². The molecule has 2 fully saturated rings. The molecule has 3 amide bonds. The average Bonchev–Trinajstić information content (AvgIpc) is 3.55. The van der Waals surface area contributed by atoms with Gasteiger partial charge in [0.25, 0.3) is 0 Å². The van der Waals surface area contributed by atoms with Crippen molar-refractivity contribution in [1.29, 1.82) is 0 Å². The summed E-state index contributed by atoms with van der Waals surface area (Å²) in [6.45, 7) is 2.88. The average molecular weight is 529 g/mol. The Bertz CT molecular complexity index is 1350. The summed E-state index contributed by atoms with van der Waals surface area (Å²) in [5.41, 5.74) is 1.17. The van der Waals surface area contributed by atoms with Crippen molar-refractivity contribution >= 4 is 28.7 Å². The molecule has 8 nitrogen and oxygen atoms in total. The highest BCUT2D eigenvalue weighted by molar-refractivity contribution is 5.96. The van der Waals surface area contributed by atoms with Crippen LogP contribution in [0.15, 0.2) is 24.4 Å². The zero-order valence-corrected chi connectivity index (χ0v) is 21.2. The highest BCUT2D eigenvalue weighted by Gasteiger charge is 2.27. The largest absolute Gasteiger partial charge is 0.365 e. The van der Waals surface area contributed by atoms with Gasteiger partial charge in [-0.1, -0.05) is 0 Å². The van der Waals surface area contributed by atoms with E-state index in [1.54, 1.807) is 0 Å².